The molecule has 0 aromatic heterocycles. The van der Waals surface area contributed by atoms with Crippen molar-refractivity contribution in [3.8, 4) is 0 Å². The molecule has 398 valence electrons. The van der Waals surface area contributed by atoms with Gasteiger partial charge in [-0.25, -0.2) is 0 Å². The molecule has 0 N–H and O–H groups in total. The molecule has 0 rings (SSSR count). The first kappa shape index (κ1) is 65.4. The minimum absolute atomic E-state index is 0.0607. The fraction of sp³-hybridized carbons (Fsp3) is 0.951. The zero-order chi connectivity index (χ0) is 48.6. The van der Waals surface area contributed by atoms with Crippen LogP contribution in [0.4, 0.5) is 0 Å². The highest BCUT2D eigenvalue weighted by atomic mass is 16.6. The molecule has 67 heavy (non-hydrogen) atoms. The van der Waals surface area contributed by atoms with Gasteiger partial charge in [-0.3, -0.25) is 14.4 Å². The van der Waals surface area contributed by atoms with E-state index in [1.807, 2.05) is 0 Å². The molecule has 0 radical (unpaired) electrons. The molecule has 0 amide bonds. The Morgan fingerprint density at radius 3 is 0.597 bits per heavy atom. The van der Waals surface area contributed by atoms with Gasteiger partial charge in [0, 0.05) is 19.3 Å². The van der Waals surface area contributed by atoms with Gasteiger partial charge in [-0.1, -0.05) is 316 Å². The van der Waals surface area contributed by atoms with Crippen LogP contribution in [-0.4, -0.2) is 37.2 Å². The second kappa shape index (κ2) is 57.0. The number of unbranched alkanes of at least 4 members (excludes halogenated alkanes) is 46. The molecule has 0 saturated carbocycles. The van der Waals surface area contributed by atoms with Crippen molar-refractivity contribution in [3.63, 3.8) is 0 Å². The minimum atomic E-state index is -0.761. The van der Waals surface area contributed by atoms with Crippen LogP contribution in [0.3, 0.4) is 0 Å². The fourth-order valence-electron chi connectivity index (χ4n) is 9.51. The van der Waals surface area contributed by atoms with Gasteiger partial charge >= 0.3 is 17.9 Å². The van der Waals surface area contributed by atoms with E-state index in [2.05, 4.69) is 20.8 Å². The van der Waals surface area contributed by atoms with Crippen molar-refractivity contribution >= 4 is 17.9 Å². The number of ether oxygens (including phenoxy) is 3. The quantitative estimate of drug-likeness (QED) is 0.0343. The lowest BCUT2D eigenvalue weighted by atomic mass is 10.0. The molecule has 1 atom stereocenters. The zero-order valence-electron chi connectivity index (χ0n) is 45.7. The van der Waals surface area contributed by atoms with Crippen LogP contribution >= 0.6 is 0 Å². The standard InChI is InChI=1S/C61H118O6/c1-4-7-10-13-16-19-22-25-28-30-33-36-39-42-45-48-51-54-60(63)66-57-58(56-65-59(62)53-50-47-44-41-38-35-32-27-24-21-18-15-12-9-6-3)67-61(64)55-52-49-46-43-40-37-34-31-29-26-23-20-17-14-11-8-5-2/h58H,4-57H2,1-3H3. The average molecular weight is 948 g/mol. The summed E-state index contributed by atoms with van der Waals surface area (Å²) in [6, 6.07) is 0. The highest BCUT2D eigenvalue weighted by molar-refractivity contribution is 5.71. The largest absolute Gasteiger partial charge is 0.462 e. The highest BCUT2D eigenvalue weighted by Crippen LogP contribution is 2.18. The molecule has 0 spiro atoms. The Kier molecular flexibility index (Phi) is 55.6. The molecule has 0 aliphatic rings. The topological polar surface area (TPSA) is 78.9 Å². The van der Waals surface area contributed by atoms with Crippen LogP contribution in [0.25, 0.3) is 0 Å². The maximum atomic E-state index is 12.9. The summed E-state index contributed by atoms with van der Waals surface area (Å²) in [5.41, 5.74) is 0. The van der Waals surface area contributed by atoms with Gasteiger partial charge in [-0.05, 0) is 19.3 Å². The van der Waals surface area contributed by atoms with Crippen LogP contribution in [0, 0.1) is 0 Å². The Balaban J connectivity index is 4.29. The second-order valence-corrected chi connectivity index (χ2v) is 21.0. The van der Waals surface area contributed by atoms with E-state index in [0.717, 1.165) is 57.8 Å². The number of esters is 3. The van der Waals surface area contributed by atoms with Gasteiger partial charge in [-0.15, -0.1) is 0 Å². The molecule has 0 aliphatic carbocycles. The van der Waals surface area contributed by atoms with E-state index >= 15 is 0 Å². The number of carbonyl (C=O) groups excluding carboxylic acids is 3. The molecule has 0 aromatic rings. The third-order valence-corrected chi connectivity index (χ3v) is 14.1. The lowest BCUT2D eigenvalue weighted by Crippen LogP contribution is -2.30. The first-order valence-corrected chi connectivity index (χ1v) is 30.5. The smallest absolute Gasteiger partial charge is 0.306 e. The Labute approximate surface area is 418 Å². The monoisotopic (exact) mass is 947 g/mol. The molecule has 0 bridgehead atoms. The molecular weight excluding hydrogens is 829 g/mol. The summed E-state index contributed by atoms with van der Waals surface area (Å²) in [5, 5.41) is 0. The van der Waals surface area contributed by atoms with Crippen LogP contribution in [0.15, 0.2) is 0 Å². The van der Waals surface area contributed by atoms with Crippen molar-refractivity contribution in [2.24, 2.45) is 0 Å². The van der Waals surface area contributed by atoms with Gasteiger partial charge < -0.3 is 14.2 Å². The summed E-state index contributed by atoms with van der Waals surface area (Å²) >= 11 is 0. The van der Waals surface area contributed by atoms with E-state index in [-0.39, 0.29) is 31.1 Å². The van der Waals surface area contributed by atoms with Crippen molar-refractivity contribution in [3.05, 3.63) is 0 Å². The van der Waals surface area contributed by atoms with Crippen molar-refractivity contribution in [1.82, 2.24) is 0 Å². The van der Waals surface area contributed by atoms with Gasteiger partial charge in [0.05, 0.1) is 0 Å². The number of rotatable bonds is 57. The van der Waals surface area contributed by atoms with E-state index in [1.54, 1.807) is 0 Å². The molecular formula is C61H118O6. The van der Waals surface area contributed by atoms with Crippen molar-refractivity contribution in [1.29, 1.82) is 0 Å². The van der Waals surface area contributed by atoms with Crippen LogP contribution < -0.4 is 0 Å². The lowest BCUT2D eigenvalue weighted by molar-refractivity contribution is -0.167. The summed E-state index contributed by atoms with van der Waals surface area (Å²) in [7, 11) is 0. The molecule has 0 saturated heterocycles. The van der Waals surface area contributed by atoms with Crippen LogP contribution in [0.1, 0.15) is 355 Å². The van der Waals surface area contributed by atoms with E-state index in [4.69, 9.17) is 14.2 Å². The van der Waals surface area contributed by atoms with Gasteiger partial charge in [-0.2, -0.15) is 0 Å². The van der Waals surface area contributed by atoms with Gasteiger partial charge in [0.1, 0.15) is 13.2 Å². The lowest BCUT2D eigenvalue weighted by Gasteiger charge is -2.18. The highest BCUT2D eigenvalue weighted by Gasteiger charge is 2.19. The fourth-order valence-corrected chi connectivity index (χ4v) is 9.51. The second-order valence-electron chi connectivity index (χ2n) is 21.0. The third-order valence-electron chi connectivity index (χ3n) is 14.1. The summed E-state index contributed by atoms with van der Waals surface area (Å²) in [6.45, 7) is 6.72. The van der Waals surface area contributed by atoms with E-state index in [0.29, 0.717) is 19.3 Å². The minimum Gasteiger partial charge on any atom is -0.462 e. The van der Waals surface area contributed by atoms with Crippen molar-refractivity contribution in [2.75, 3.05) is 13.2 Å². The van der Waals surface area contributed by atoms with E-state index in [1.165, 1.54) is 257 Å². The zero-order valence-corrected chi connectivity index (χ0v) is 45.7. The predicted molar refractivity (Wildman–Crippen MR) is 289 cm³/mol. The molecule has 0 fully saturated rings. The van der Waals surface area contributed by atoms with Gasteiger partial charge in [0.25, 0.3) is 0 Å². The third kappa shape index (κ3) is 55.2. The SMILES string of the molecule is CCCCCCCCCCCCCCCCCCCC(=O)OCC(COC(=O)CCCCCCCCCCCCCCCCC)OC(=O)CCCCCCCCCCCCCCCCCCC. The van der Waals surface area contributed by atoms with Gasteiger partial charge in [0.15, 0.2) is 6.10 Å². The number of hydrogen-bond acceptors (Lipinski definition) is 6. The number of carbonyl (C=O) groups is 3. The van der Waals surface area contributed by atoms with Gasteiger partial charge in [0.2, 0.25) is 0 Å². The Hall–Kier alpha value is -1.59. The maximum Gasteiger partial charge on any atom is 0.306 e. The molecule has 0 aliphatic heterocycles. The van der Waals surface area contributed by atoms with Crippen LogP contribution in [0.5, 0.6) is 0 Å². The molecule has 0 heterocycles. The first-order valence-electron chi connectivity index (χ1n) is 30.5. The Morgan fingerprint density at radius 1 is 0.239 bits per heavy atom. The molecule has 0 aromatic carbocycles. The Morgan fingerprint density at radius 2 is 0.403 bits per heavy atom. The van der Waals surface area contributed by atoms with Crippen molar-refractivity contribution in [2.45, 2.75) is 361 Å². The summed E-state index contributed by atoms with van der Waals surface area (Å²) in [5.74, 6) is -0.827. The summed E-state index contributed by atoms with van der Waals surface area (Å²) < 4.78 is 16.9. The van der Waals surface area contributed by atoms with Crippen LogP contribution in [0.2, 0.25) is 0 Å². The Bertz CT molecular complexity index is 998. The molecule has 6 nitrogen and oxygen atoms in total. The average Bonchev–Trinajstić information content (AvgIpc) is 3.33. The van der Waals surface area contributed by atoms with Crippen molar-refractivity contribution < 1.29 is 28.6 Å². The summed E-state index contributed by atoms with van der Waals surface area (Å²) in [4.78, 5) is 38.2. The molecule has 1 unspecified atom stereocenters. The maximum absolute atomic E-state index is 12.9. The summed E-state index contributed by atoms with van der Waals surface area (Å²) in [6.07, 6.45) is 63.8. The number of hydrogen-bond donors (Lipinski definition) is 0. The first-order chi connectivity index (χ1) is 33.0. The van der Waals surface area contributed by atoms with Crippen LogP contribution in [-0.2, 0) is 28.6 Å². The van der Waals surface area contributed by atoms with E-state index < -0.39 is 6.10 Å². The van der Waals surface area contributed by atoms with E-state index in [9.17, 15) is 14.4 Å². The molecule has 6 heteroatoms. The normalized spacial score (nSPS) is 11.9. The predicted octanol–water partition coefficient (Wildman–Crippen LogP) is 20.3.